The van der Waals surface area contributed by atoms with Crippen LogP contribution in [0.5, 0.6) is 0 Å². The zero-order valence-corrected chi connectivity index (χ0v) is 12.8. The summed E-state index contributed by atoms with van der Waals surface area (Å²) in [5.41, 5.74) is 0.301. The molecule has 0 unspecified atom stereocenters. The second-order valence-electron chi connectivity index (χ2n) is 6.39. The first-order chi connectivity index (χ1) is 11.0. The SMILES string of the molecule is O=C(Nc1cccc(CNC(=O)C2(C(=O)O)CC2)c1)C1CCC1. The monoisotopic (exact) mass is 316 g/mol. The maximum atomic E-state index is 12.0. The van der Waals surface area contributed by atoms with Crippen LogP contribution in [-0.4, -0.2) is 22.9 Å². The van der Waals surface area contributed by atoms with Crippen LogP contribution in [-0.2, 0) is 20.9 Å². The third kappa shape index (κ3) is 3.21. The maximum Gasteiger partial charge on any atom is 0.319 e. The first-order valence-corrected chi connectivity index (χ1v) is 7.93. The zero-order valence-electron chi connectivity index (χ0n) is 12.8. The lowest BCUT2D eigenvalue weighted by Crippen LogP contribution is -2.36. The van der Waals surface area contributed by atoms with Crippen molar-refractivity contribution in [3.8, 4) is 0 Å². The quantitative estimate of drug-likeness (QED) is 0.699. The molecule has 2 saturated carbocycles. The number of benzene rings is 1. The minimum Gasteiger partial charge on any atom is -0.480 e. The molecule has 122 valence electrons. The van der Waals surface area contributed by atoms with E-state index >= 15 is 0 Å². The fourth-order valence-corrected chi connectivity index (χ4v) is 2.69. The Labute approximate surface area is 134 Å². The van der Waals surface area contributed by atoms with Crippen molar-refractivity contribution in [1.29, 1.82) is 0 Å². The predicted molar refractivity (Wildman–Crippen MR) is 83.6 cm³/mol. The van der Waals surface area contributed by atoms with Crippen LogP contribution >= 0.6 is 0 Å². The Bertz CT molecular complexity index is 648. The molecule has 3 rings (SSSR count). The lowest BCUT2D eigenvalue weighted by Gasteiger charge is -2.24. The molecule has 2 amide bonds. The Morgan fingerprint density at radius 3 is 2.52 bits per heavy atom. The first kappa shape index (κ1) is 15.5. The highest BCUT2D eigenvalue weighted by Gasteiger charge is 2.56. The lowest BCUT2D eigenvalue weighted by molar-refractivity contribution is -0.149. The van der Waals surface area contributed by atoms with Crippen molar-refractivity contribution in [3.05, 3.63) is 29.8 Å². The Hall–Kier alpha value is -2.37. The molecule has 1 aromatic rings. The van der Waals surface area contributed by atoms with Gasteiger partial charge in [0.1, 0.15) is 5.41 Å². The molecule has 6 nitrogen and oxygen atoms in total. The van der Waals surface area contributed by atoms with E-state index in [1.54, 1.807) is 6.07 Å². The van der Waals surface area contributed by atoms with Crippen LogP contribution in [0.3, 0.4) is 0 Å². The van der Waals surface area contributed by atoms with Gasteiger partial charge >= 0.3 is 5.97 Å². The summed E-state index contributed by atoms with van der Waals surface area (Å²) >= 11 is 0. The van der Waals surface area contributed by atoms with E-state index in [9.17, 15) is 14.4 Å². The molecule has 23 heavy (non-hydrogen) atoms. The van der Waals surface area contributed by atoms with E-state index in [2.05, 4.69) is 10.6 Å². The molecule has 0 spiro atoms. The Morgan fingerprint density at radius 1 is 1.22 bits per heavy atom. The predicted octanol–water partition coefficient (Wildman–Crippen LogP) is 1.91. The fourth-order valence-electron chi connectivity index (χ4n) is 2.69. The highest BCUT2D eigenvalue weighted by Crippen LogP contribution is 2.46. The van der Waals surface area contributed by atoms with Gasteiger partial charge in [0, 0.05) is 18.2 Å². The zero-order chi connectivity index (χ0) is 16.4. The van der Waals surface area contributed by atoms with Crippen LogP contribution in [0.25, 0.3) is 0 Å². The second-order valence-corrected chi connectivity index (χ2v) is 6.39. The van der Waals surface area contributed by atoms with Crippen LogP contribution in [0.1, 0.15) is 37.7 Å². The highest BCUT2D eigenvalue weighted by atomic mass is 16.4. The van der Waals surface area contributed by atoms with Crippen LogP contribution < -0.4 is 10.6 Å². The number of hydrogen-bond donors (Lipinski definition) is 3. The van der Waals surface area contributed by atoms with Crippen molar-refractivity contribution in [3.63, 3.8) is 0 Å². The van der Waals surface area contributed by atoms with Crippen molar-refractivity contribution in [1.82, 2.24) is 5.32 Å². The van der Waals surface area contributed by atoms with Gasteiger partial charge in [-0.25, -0.2) is 0 Å². The summed E-state index contributed by atoms with van der Waals surface area (Å²) in [7, 11) is 0. The maximum absolute atomic E-state index is 12.0. The standard InChI is InChI=1S/C17H20N2O4/c20-14(12-4-2-5-12)19-13-6-1-3-11(9-13)10-18-15(21)17(7-8-17)16(22)23/h1,3,6,9,12H,2,4-5,7-8,10H2,(H,18,21)(H,19,20)(H,22,23). The van der Waals surface area contributed by atoms with Gasteiger partial charge in [-0.2, -0.15) is 0 Å². The summed E-state index contributed by atoms with van der Waals surface area (Å²) in [5.74, 6) is -1.34. The number of nitrogens with one attached hydrogen (secondary N) is 2. The molecular weight excluding hydrogens is 296 g/mol. The van der Waals surface area contributed by atoms with Crippen molar-refractivity contribution in [2.45, 2.75) is 38.6 Å². The molecule has 0 aromatic heterocycles. The van der Waals surface area contributed by atoms with E-state index in [-0.39, 0.29) is 18.4 Å². The minimum absolute atomic E-state index is 0.0419. The van der Waals surface area contributed by atoms with Gasteiger partial charge in [-0.1, -0.05) is 18.6 Å². The van der Waals surface area contributed by atoms with Crippen LogP contribution in [0.2, 0.25) is 0 Å². The number of anilines is 1. The third-order valence-electron chi connectivity index (χ3n) is 4.72. The molecule has 2 aliphatic rings. The van der Waals surface area contributed by atoms with Gasteiger partial charge in [-0.15, -0.1) is 0 Å². The largest absolute Gasteiger partial charge is 0.480 e. The van der Waals surface area contributed by atoms with E-state index in [4.69, 9.17) is 5.11 Å². The number of carbonyl (C=O) groups is 3. The number of carbonyl (C=O) groups excluding carboxylic acids is 2. The molecule has 2 aliphatic carbocycles. The smallest absolute Gasteiger partial charge is 0.319 e. The molecule has 2 fully saturated rings. The topological polar surface area (TPSA) is 95.5 Å². The molecule has 0 bridgehead atoms. The summed E-state index contributed by atoms with van der Waals surface area (Å²) in [6, 6.07) is 7.25. The van der Waals surface area contributed by atoms with Gasteiger partial charge in [-0.3, -0.25) is 14.4 Å². The average molecular weight is 316 g/mol. The first-order valence-electron chi connectivity index (χ1n) is 7.93. The van der Waals surface area contributed by atoms with Gasteiger partial charge < -0.3 is 15.7 Å². The van der Waals surface area contributed by atoms with Gasteiger partial charge in [0.15, 0.2) is 0 Å². The molecule has 0 heterocycles. The summed E-state index contributed by atoms with van der Waals surface area (Å²) in [5, 5.41) is 14.7. The molecule has 3 N–H and O–H groups in total. The molecular formula is C17H20N2O4. The molecule has 0 radical (unpaired) electrons. The number of aliphatic carboxylic acids is 1. The van der Waals surface area contributed by atoms with E-state index in [1.807, 2.05) is 18.2 Å². The van der Waals surface area contributed by atoms with Gasteiger partial charge in [0.25, 0.3) is 0 Å². The molecule has 0 aliphatic heterocycles. The minimum atomic E-state index is -1.23. The van der Waals surface area contributed by atoms with Crippen LogP contribution in [0.15, 0.2) is 24.3 Å². The third-order valence-corrected chi connectivity index (χ3v) is 4.72. The second kappa shape index (κ2) is 6.02. The van der Waals surface area contributed by atoms with Crippen molar-refractivity contribution in [2.24, 2.45) is 11.3 Å². The molecule has 1 aromatic carbocycles. The van der Waals surface area contributed by atoms with E-state index in [1.165, 1.54) is 0 Å². The summed E-state index contributed by atoms with van der Waals surface area (Å²) in [6.45, 7) is 0.251. The van der Waals surface area contributed by atoms with Crippen molar-refractivity contribution in [2.75, 3.05) is 5.32 Å². The van der Waals surface area contributed by atoms with Crippen LogP contribution in [0, 0.1) is 11.3 Å². The van der Waals surface area contributed by atoms with E-state index in [0.717, 1.165) is 24.8 Å². The number of hydrogen-bond acceptors (Lipinski definition) is 3. The summed E-state index contributed by atoms with van der Waals surface area (Å²) < 4.78 is 0. The highest BCUT2D eigenvalue weighted by molar-refractivity contribution is 6.04. The molecule has 6 heteroatoms. The Morgan fingerprint density at radius 2 is 1.96 bits per heavy atom. The lowest BCUT2D eigenvalue weighted by atomic mass is 9.85. The number of carboxylic acids is 1. The average Bonchev–Trinajstić information content (AvgIpc) is 3.25. The Balaban J connectivity index is 1.56. The Kier molecular flexibility index (Phi) is 4.07. The van der Waals surface area contributed by atoms with Crippen molar-refractivity contribution < 1.29 is 19.5 Å². The summed E-state index contributed by atoms with van der Waals surface area (Å²) in [6.07, 6.45) is 3.78. The fraction of sp³-hybridized carbons (Fsp3) is 0.471. The van der Waals surface area contributed by atoms with Crippen LogP contribution in [0.4, 0.5) is 5.69 Å². The van der Waals surface area contributed by atoms with Gasteiger partial charge in [0.05, 0.1) is 0 Å². The van der Waals surface area contributed by atoms with E-state index < -0.39 is 17.3 Å². The van der Waals surface area contributed by atoms with E-state index in [0.29, 0.717) is 18.5 Å². The van der Waals surface area contributed by atoms with Gasteiger partial charge in [-0.05, 0) is 43.4 Å². The molecule has 0 atom stereocenters. The number of carboxylic acid groups (broad SMARTS) is 1. The number of rotatable bonds is 6. The normalized spacial score (nSPS) is 18.6. The van der Waals surface area contributed by atoms with Crippen molar-refractivity contribution >= 4 is 23.5 Å². The van der Waals surface area contributed by atoms with Gasteiger partial charge in [0.2, 0.25) is 11.8 Å². The summed E-state index contributed by atoms with van der Waals surface area (Å²) in [4.78, 5) is 35.0. The number of amides is 2. The molecule has 0 saturated heterocycles.